The van der Waals surface area contributed by atoms with Gasteiger partial charge in [-0.05, 0) is 131 Å². The SMILES string of the molecule is CC1C(c2ccc(N(c3ccc(-c4cc5ccccc5c5ccccc45)cc3)c3ccc(-c4cccc5oc6ccccc6c45)cc3)cc2)=c2ccccc2=C2C=CC=CC21. The van der Waals surface area contributed by atoms with Crippen LogP contribution in [-0.2, 0) is 0 Å². The first-order valence-electron chi connectivity index (χ1n) is 21.3. The third-order valence-corrected chi connectivity index (χ3v) is 13.1. The molecule has 1 heterocycles. The highest BCUT2D eigenvalue weighted by Crippen LogP contribution is 2.42. The zero-order valence-electron chi connectivity index (χ0n) is 33.8. The minimum atomic E-state index is 0.344. The fraction of sp³-hybridized carbons (Fsp3) is 0.0508. The van der Waals surface area contributed by atoms with E-state index in [-0.39, 0.29) is 0 Å². The first kappa shape index (κ1) is 35.3. The van der Waals surface area contributed by atoms with Crippen LogP contribution in [0.25, 0.3) is 76.9 Å². The van der Waals surface area contributed by atoms with Crippen molar-refractivity contribution in [3.8, 4) is 22.3 Å². The van der Waals surface area contributed by atoms with Gasteiger partial charge in [0.1, 0.15) is 11.2 Å². The molecule has 0 N–H and O–H groups in total. The maximum atomic E-state index is 6.27. The molecule has 61 heavy (non-hydrogen) atoms. The van der Waals surface area contributed by atoms with E-state index in [1.807, 2.05) is 12.1 Å². The van der Waals surface area contributed by atoms with Crippen molar-refractivity contribution in [1.82, 2.24) is 0 Å². The van der Waals surface area contributed by atoms with Crippen LogP contribution in [0, 0.1) is 11.8 Å². The van der Waals surface area contributed by atoms with E-state index in [1.54, 1.807) is 0 Å². The molecule has 2 unspecified atom stereocenters. The maximum absolute atomic E-state index is 6.27. The lowest BCUT2D eigenvalue weighted by Crippen LogP contribution is -2.39. The van der Waals surface area contributed by atoms with Crippen LogP contribution in [-0.4, -0.2) is 0 Å². The van der Waals surface area contributed by atoms with Gasteiger partial charge in [-0.1, -0.05) is 171 Å². The van der Waals surface area contributed by atoms with E-state index >= 15 is 0 Å². The molecule has 1 aromatic heterocycles. The summed E-state index contributed by atoms with van der Waals surface area (Å²) in [6, 6.07) is 70.8. The van der Waals surface area contributed by atoms with Crippen molar-refractivity contribution in [3.05, 3.63) is 234 Å². The standard InChI is InChI=1S/C59H41NO/c1-38-46-14-4-5-16-49(46)51-18-8-9-20-53(51)58(38)41-29-35-45(36-30-41)60(43-31-25-39(26-32-43)48-22-12-24-57-59(48)54-21-10-11-23-56(54)61-57)44-33-27-40(28-34-44)55-37-42-13-2-3-15-47(42)50-17-6-7-19-52(50)55/h2-38,46H,1H3. The summed E-state index contributed by atoms with van der Waals surface area (Å²) in [6.45, 7) is 2.38. The smallest absolute Gasteiger partial charge is 0.136 e. The monoisotopic (exact) mass is 779 g/mol. The first-order chi connectivity index (χ1) is 30.2. The molecule has 0 saturated carbocycles. The molecule has 0 fully saturated rings. The zero-order valence-corrected chi connectivity index (χ0v) is 33.8. The summed E-state index contributed by atoms with van der Waals surface area (Å²) in [4.78, 5) is 2.38. The van der Waals surface area contributed by atoms with Crippen LogP contribution in [0.3, 0.4) is 0 Å². The largest absolute Gasteiger partial charge is 0.456 e. The summed E-state index contributed by atoms with van der Waals surface area (Å²) in [7, 11) is 0. The molecule has 0 spiro atoms. The number of hydrogen-bond donors (Lipinski definition) is 0. The molecule has 0 saturated heterocycles. The van der Waals surface area contributed by atoms with Crippen LogP contribution in [0.1, 0.15) is 12.5 Å². The second kappa shape index (κ2) is 14.3. The van der Waals surface area contributed by atoms with Gasteiger partial charge in [-0.2, -0.15) is 0 Å². The number of benzene rings is 9. The molecule has 288 valence electrons. The van der Waals surface area contributed by atoms with E-state index in [0.717, 1.165) is 44.6 Å². The number of rotatable bonds is 6. The highest BCUT2D eigenvalue weighted by Gasteiger charge is 2.28. The summed E-state index contributed by atoms with van der Waals surface area (Å²) >= 11 is 0. The van der Waals surface area contributed by atoms with Gasteiger partial charge in [0.05, 0.1) is 0 Å². The van der Waals surface area contributed by atoms with Crippen LogP contribution >= 0.6 is 0 Å². The fourth-order valence-electron chi connectivity index (χ4n) is 10.2. The van der Waals surface area contributed by atoms with Crippen molar-refractivity contribution in [1.29, 1.82) is 0 Å². The Hall–Kier alpha value is -7.68. The average molecular weight is 780 g/mol. The molecule has 10 aromatic rings. The molecule has 0 amide bonds. The van der Waals surface area contributed by atoms with Crippen LogP contribution in [0.15, 0.2) is 223 Å². The van der Waals surface area contributed by atoms with E-state index in [0.29, 0.717) is 11.8 Å². The fourth-order valence-corrected chi connectivity index (χ4v) is 10.2. The number of anilines is 3. The predicted octanol–water partition coefficient (Wildman–Crippen LogP) is 14.4. The second-order valence-electron chi connectivity index (χ2n) is 16.4. The molecule has 2 nitrogen and oxygen atoms in total. The number of hydrogen-bond acceptors (Lipinski definition) is 2. The maximum Gasteiger partial charge on any atom is 0.136 e. The van der Waals surface area contributed by atoms with Gasteiger partial charge in [-0.3, -0.25) is 0 Å². The molecule has 0 bridgehead atoms. The Bertz CT molecular complexity index is 3530. The van der Waals surface area contributed by atoms with E-state index in [1.165, 1.54) is 65.4 Å². The van der Waals surface area contributed by atoms with Crippen LogP contribution in [0.4, 0.5) is 17.1 Å². The molecular formula is C59H41NO. The van der Waals surface area contributed by atoms with Crippen molar-refractivity contribution < 1.29 is 4.42 Å². The Morgan fingerprint density at radius 3 is 1.75 bits per heavy atom. The molecular weight excluding hydrogens is 739 g/mol. The summed E-state index contributed by atoms with van der Waals surface area (Å²) in [5, 5.41) is 10.0. The van der Waals surface area contributed by atoms with Gasteiger partial charge in [0.15, 0.2) is 0 Å². The van der Waals surface area contributed by atoms with Gasteiger partial charge in [-0.25, -0.2) is 0 Å². The first-order valence-corrected chi connectivity index (χ1v) is 21.3. The summed E-state index contributed by atoms with van der Waals surface area (Å²) in [6.07, 6.45) is 9.05. The summed E-state index contributed by atoms with van der Waals surface area (Å²) in [5.41, 5.74) is 13.9. The number of allylic oxidation sites excluding steroid dienone is 4. The van der Waals surface area contributed by atoms with Crippen molar-refractivity contribution in [2.45, 2.75) is 6.92 Å². The third-order valence-electron chi connectivity index (χ3n) is 13.1. The van der Waals surface area contributed by atoms with Crippen molar-refractivity contribution in [2.24, 2.45) is 11.8 Å². The Morgan fingerprint density at radius 2 is 1.02 bits per heavy atom. The molecule has 0 radical (unpaired) electrons. The van der Waals surface area contributed by atoms with Crippen molar-refractivity contribution >= 4 is 71.7 Å². The Kier molecular flexibility index (Phi) is 8.24. The molecule has 12 rings (SSSR count). The number of para-hydroxylation sites is 1. The molecule has 0 aliphatic heterocycles. The quantitative estimate of drug-likeness (QED) is 0.156. The normalized spacial score (nSPS) is 15.8. The van der Waals surface area contributed by atoms with Crippen LogP contribution in [0.5, 0.6) is 0 Å². The van der Waals surface area contributed by atoms with Crippen molar-refractivity contribution in [2.75, 3.05) is 4.90 Å². The average Bonchev–Trinajstić information content (AvgIpc) is 3.72. The topological polar surface area (TPSA) is 16.4 Å². The van der Waals surface area contributed by atoms with Gasteiger partial charge >= 0.3 is 0 Å². The van der Waals surface area contributed by atoms with Crippen LogP contribution in [0.2, 0.25) is 0 Å². The zero-order chi connectivity index (χ0) is 40.4. The molecule has 2 heteroatoms. The minimum absolute atomic E-state index is 0.344. The highest BCUT2D eigenvalue weighted by atomic mass is 16.3. The van der Waals surface area contributed by atoms with Gasteiger partial charge in [0.2, 0.25) is 0 Å². The lowest BCUT2D eigenvalue weighted by Gasteiger charge is -2.31. The number of nitrogens with zero attached hydrogens (tertiary/aromatic N) is 1. The second-order valence-corrected chi connectivity index (χ2v) is 16.4. The number of fused-ring (bicyclic) bond motifs is 8. The molecule has 2 aliphatic rings. The van der Waals surface area contributed by atoms with E-state index in [4.69, 9.17) is 4.42 Å². The third kappa shape index (κ3) is 5.79. The Balaban J connectivity index is 0.981. The lowest BCUT2D eigenvalue weighted by molar-refractivity contribution is 0.632. The van der Waals surface area contributed by atoms with Gasteiger partial charge in [-0.15, -0.1) is 0 Å². The highest BCUT2D eigenvalue weighted by molar-refractivity contribution is 6.14. The summed E-state index contributed by atoms with van der Waals surface area (Å²) in [5.74, 6) is 0.699. The minimum Gasteiger partial charge on any atom is -0.456 e. The van der Waals surface area contributed by atoms with E-state index in [9.17, 15) is 0 Å². The molecule has 2 aliphatic carbocycles. The summed E-state index contributed by atoms with van der Waals surface area (Å²) < 4.78 is 6.27. The van der Waals surface area contributed by atoms with E-state index < -0.39 is 0 Å². The van der Waals surface area contributed by atoms with E-state index in [2.05, 4.69) is 218 Å². The van der Waals surface area contributed by atoms with Gasteiger partial charge in [0, 0.05) is 33.8 Å². The molecule has 2 atom stereocenters. The lowest BCUT2D eigenvalue weighted by atomic mass is 9.73. The predicted molar refractivity (Wildman–Crippen MR) is 257 cm³/mol. The Labute approximate surface area is 355 Å². The number of furan rings is 1. The van der Waals surface area contributed by atoms with Gasteiger partial charge in [0.25, 0.3) is 0 Å². The molecule has 9 aromatic carbocycles. The van der Waals surface area contributed by atoms with Crippen LogP contribution < -0.4 is 15.3 Å². The van der Waals surface area contributed by atoms with Crippen molar-refractivity contribution in [3.63, 3.8) is 0 Å². The van der Waals surface area contributed by atoms with Gasteiger partial charge < -0.3 is 9.32 Å². The Morgan fingerprint density at radius 1 is 0.443 bits per heavy atom.